The zero-order chi connectivity index (χ0) is 9.10. The molecule has 0 aromatic heterocycles. The summed E-state index contributed by atoms with van der Waals surface area (Å²) < 4.78 is 10.7. The normalized spacial score (nSPS) is 19.9. The Bertz CT molecular complexity index is 279. The zero-order valence-electron chi connectivity index (χ0n) is 7.82. The molecule has 0 aliphatic carbocycles. The van der Waals surface area contributed by atoms with Gasteiger partial charge in [-0.1, -0.05) is 19.1 Å². The van der Waals surface area contributed by atoms with Gasteiger partial charge in [-0.25, -0.2) is 0 Å². The van der Waals surface area contributed by atoms with Crippen molar-refractivity contribution in [3.63, 3.8) is 0 Å². The third kappa shape index (κ3) is 2.22. The van der Waals surface area contributed by atoms with Gasteiger partial charge in [-0.15, -0.1) is 0 Å². The van der Waals surface area contributed by atoms with E-state index in [1.54, 1.807) is 0 Å². The van der Waals surface area contributed by atoms with Gasteiger partial charge in [0.1, 0.15) is 11.9 Å². The third-order valence-electron chi connectivity index (χ3n) is 2.04. The number of epoxide rings is 1. The molecule has 0 radical (unpaired) electrons. The maximum absolute atomic E-state index is 5.52. The van der Waals surface area contributed by atoms with Gasteiger partial charge < -0.3 is 9.47 Å². The first-order valence-corrected chi connectivity index (χ1v) is 4.74. The van der Waals surface area contributed by atoms with Crippen LogP contribution < -0.4 is 4.74 Å². The zero-order valence-corrected chi connectivity index (χ0v) is 7.82. The number of hydrogen-bond acceptors (Lipinski definition) is 2. The third-order valence-corrected chi connectivity index (χ3v) is 2.04. The molecule has 1 heterocycles. The molecule has 2 heteroatoms. The highest BCUT2D eigenvalue weighted by molar-refractivity contribution is 5.31. The number of hydrogen-bond donors (Lipinski definition) is 0. The smallest absolute Gasteiger partial charge is 0.119 e. The fourth-order valence-electron chi connectivity index (χ4n) is 1.27. The van der Waals surface area contributed by atoms with E-state index in [0.717, 1.165) is 25.4 Å². The monoisotopic (exact) mass is 178 g/mol. The first-order chi connectivity index (χ1) is 6.40. The molecule has 1 fully saturated rings. The molecule has 2 nitrogen and oxygen atoms in total. The Morgan fingerprint density at radius 1 is 1.54 bits per heavy atom. The SMILES string of the molecule is CCCOc1cccc(C2CO2)c1. The van der Waals surface area contributed by atoms with E-state index in [2.05, 4.69) is 19.1 Å². The maximum Gasteiger partial charge on any atom is 0.119 e. The second kappa shape index (κ2) is 3.79. The topological polar surface area (TPSA) is 21.8 Å². The summed E-state index contributed by atoms with van der Waals surface area (Å²) in [7, 11) is 0. The first kappa shape index (κ1) is 8.57. The van der Waals surface area contributed by atoms with Gasteiger partial charge in [-0.05, 0) is 24.1 Å². The molecule has 1 saturated heterocycles. The van der Waals surface area contributed by atoms with Gasteiger partial charge in [0.25, 0.3) is 0 Å². The van der Waals surface area contributed by atoms with Crippen LogP contribution >= 0.6 is 0 Å². The van der Waals surface area contributed by atoms with E-state index in [-0.39, 0.29) is 0 Å². The van der Waals surface area contributed by atoms with Crippen molar-refractivity contribution in [2.45, 2.75) is 19.4 Å². The van der Waals surface area contributed by atoms with E-state index in [9.17, 15) is 0 Å². The Kier molecular flexibility index (Phi) is 2.50. The molecular formula is C11H14O2. The first-order valence-electron chi connectivity index (χ1n) is 4.74. The largest absolute Gasteiger partial charge is 0.494 e. The minimum Gasteiger partial charge on any atom is -0.494 e. The predicted molar refractivity (Wildman–Crippen MR) is 50.9 cm³/mol. The summed E-state index contributed by atoms with van der Waals surface area (Å²) in [5.41, 5.74) is 1.23. The number of rotatable bonds is 4. The minimum atomic E-state index is 0.324. The number of ether oxygens (including phenoxy) is 2. The Balaban J connectivity index is 2.03. The summed E-state index contributed by atoms with van der Waals surface area (Å²) in [4.78, 5) is 0. The molecule has 1 unspecified atom stereocenters. The molecule has 0 saturated carbocycles. The second-order valence-electron chi connectivity index (χ2n) is 3.24. The molecule has 0 amide bonds. The van der Waals surface area contributed by atoms with Crippen LogP contribution in [0.5, 0.6) is 5.75 Å². The lowest BCUT2D eigenvalue weighted by atomic mass is 10.1. The Labute approximate surface area is 78.5 Å². The van der Waals surface area contributed by atoms with Crippen LogP contribution in [0, 0.1) is 0 Å². The van der Waals surface area contributed by atoms with Crippen LogP contribution in [0.2, 0.25) is 0 Å². The van der Waals surface area contributed by atoms with Crippen LogP contribution in [0.15, 0.2) is 24.3 Å². The molecule has 1 aliphatic rings. The Morgan fingerprint density at radius 3 is 3.08 bits per heavy atom. The Morgan fingerprint density at radius 2 is 2.38 bits per heavy atom. The van der Waals surface area contributed by atoms with Crippen LogP contribution in [0.4, 0.5) is 0 Å². The summed E-state index contributed by atoms with van der Waals surface area (Å²) in [6.07, 6.45) is 1.37. The van der Waals surface area contributed by atoms with E-state index >= 15 is 0 Å². The van der Waals surface area contributed by atoms with Gasteiger partial charge in [0.15, 0.2) is 0 Å². The lowest BCUT2D eigenvalue weighted by Crippen LogP contribution is -1.95. The molecule has 70 valence electrons. The van der Waals surface area contributed by atoms with E-state index in [0.29, 0.717) is 6.10 Å². The van der Waals surface area contributed by atoms with E-state index in [4.69, 9.17) is 9.47 Å². The summed E-state index contributed by atoms with van der Waals surface area (Å²) in [6, 6.07) is 8.15. The van der Waals surface area contributed by atoms with E-state index < -0.39 is 0 Å². The van der Waals surface area contributed by atoms with Crippen LogP contribution in [0.3, 0.4) is 0 Å². The second-order valence-corrected chi connectivity index (χ2v) is 3.24. The minimum absolute atomic E-state index is 0.324. The molecule has 0 N–H and O–H groups in total. The highest BCUT2D eigenvalue weighted by atomic mass is 16.6. The highest BCUT2D eigenvalue weighted by Gasteiger charge is 2.24. The van der Waals surface area contributed by atoms with Gasteiger partial charge in [0.05, 0.1) is 13.2 Å². The summed E-state index contributed by atoms with van der Waals surface area (Å²) in [5.74, 6) is 0.954. The predicted octanol–water partition coefficient (Wildman–Crippen LogP) is 2.55. The van der Waals surface area contributed by atoms with Gasteiger partial charge in [-0.2, -0.15) is 0 Å². The van der Waals surface area contributed by atoms with Crippen molar-refractivity contribution in [2.24, 2.45) is 0 Å². The van der Waals surface area contributed by atoms with Gasteiger partial charge in [0, 0.05) is 0 Å². The van der Waals surface area contributed by atoms with Crippen LogP contribution in [-0.2, 0) is 4.74 Å². The molecule has 1 aromatic carbocycles. The molecule has 1 atom stereocenters. The van der Waals surface area contributed by atoms with E-state index in [1.807, 2.05) is 12.1 Å². The molecule has 2 rings (SSSR count). The molecule has 1 aromatic rings. The van der Waals surface area contributed by atoms with Crippen molar-refractivity contribution < 1.29 is 9.47 Å². The van der Waals surface area contributed by atoms with E-state index in [1.165, 1.54) is 5.56 Å². The molecule has 0 spiro atoms. The standard InChI is InChI=1S/C11H14O2/c1-2-6-12-10-5-3-4-9(7-10)11-8-13-11/h3-5,7,11H,2,6,8H2,1H3. The average molecular weight is 178 g/mol. The lowest BCUT2D eigenvalue weighted by molar-refractivity contribution is 0.316. The van der Waals surface area contributed by atoms with Gasteiger partial charge in [0.2, 0.25) is 0 Å². The van der Waals surface area contributed by atoms with Crippen molar-refractivity contribution >= 4 is 0 Å². The van der Waals surface area contributed by atoms with Crippen molar-refractivity contribution in [3.05, 3.63) is 29.8 Å². The van der Waals surface area contributed by atoms with Crippen molar-refractivity contribution in [3.8, 4) is 5.75 Å². The lowest BCUT2D eigenvalue weighted by Gasteiger charge is -2.05. The van der Waals surface area contributed by atoms with Gasteiger partial charge >= 0.3 is 0 Å². The summed E-state index contributed by atoms with van der Waals surface area (Å²) in [6.45, 7) is 3.75. The van der Waals surface area contributed by atoms with Gasteiger partial charge in [-0.3, -0.25) is 0 Å². The fourth-order valence-corrected chi connectivity index (χ4v) is 1.27. The quantitative estimate of drug-likeness (QED) is 0.661. The van der Waals surface area contributed by atoms with Crippen LogP contribution in [0.1, 0.15) is 25.0 Å². The molecule has 0 bridgehead atoms. The molecular weight excluding hydrogens is 164 g/mol. The average Bonchev–Trinajstić information content (AvgIpc) is 2.98. The number of benzene rings is 1. The summed E-state index contributed by atoms with van der Waals surface area (Å²) >= 11 is 0. The molecule has 1 aliphatic heterocycles. The highest BCUT2D eigenvalue weighted by Crippen LogP contribution is 2.31. The van der Waals surface area contributed by atoms with Crippen LogP contribution in [-0.4, -0.2) is 13.2 Å². The van der Waals surface area contributed by atoms with Crippen molar-refractivity contribution in [2.75, 3.05) is 13.2 Å². The van der Waals surface area contributed by atoms with Crippen molar-refractivity contribution in [1.29, 1.82) is 0 Å². The molecule has 13 heavy (non-hydrogen) atoms. The Hall–Kier alpha value is -1.02. The van der Waals surface area contributed by atoms with Crippen LogP contribution in [0.25, 0.3) is 0 Å². The van der Waals surface area contributed by atoms with Crippen molar-refractivity contribution in [1.82, 2.24) is 0 Å². The maximum atomic E-state index is 5.52. The fraction of sp³-hybridized carbons (Fsp3) is 0.455. The summed E-state index contributed by atoms with van der Waals surface area (Å²) in [5, 5.41) is 0.